The number of quaternary nitrogens is 1. The summed E-state index contributed by atoms with van der Waals surface area (Å²) in [6.07, 6.45) is 0. The molecule has 1 amide bonds. The Morgan fingerprint density at radius 3 is 2.35 bits per heavy atom. The number of halogens is 4. The van der Waals surface area contributed by atoms with E-state index in [0.29, 0.717) is 0 Å². The highest BCUT2D eigenvalue weighted by Crippen LogP contribution is 2.17. The summed E-state index contributed by atoms with van der Waals surface area (Å²) in [6, 6.07) is 5.95. The monoisotopic (exact) mass is 327 g/mol. The van der Waals surface area contributed by atoms with Crippen LogP contribution < -0.4 is 10.6 Å². The highest BCUT2D eigenvalue weighted by atomic mass is 19.1. The molecular weight excluding hydrogens is 312 g/mol. The van der Waals surface area contributed by atoms with Crippen LogP contribution in [0.2, 0.25) is 0 Å². The first-order valence-corrected chi connectivity index (χ1v) is 6.90. The standard InChI is InChI=1S/C16H14F4N2O/c1-9(11-6-5-10(17)7-14(11)20)21-8-15(23)22-16-12(18)3-2-4-13(16)19/h2-7,9,21H,8H2,1H3,(H,22,23)/p+1/t9-/m1/s1. The van der Waals surface area contributed by atoms with Crippen LogP contribution in [0.4, 0.5) is 23.2 Å². The molecule has 0 aliphatic rings. The van der Waals surface area contributed by atoms with E-state index in [1.807, 2.05) is 0 Å². The van der Waals surface area contributed by atoms with Crippen molar-refractivity contribution in [1.82, 2.24) is 0 Å². The summed E-state index contributed by atoms with van der Waals surface area (Å²) in [6.45, 7) is 1.46. The second-order valence-corrected chi connectivity index (χ2v) is 5.04. The molecule has 3 nitrogen and oxygen atoms in total. The van der Waals surface area contributed by atoms with Gasteiger partial charge in [-0.2, -0.15) is 0 Å². The van der Waals surface area contributed by atoms with Crippen molar-refractivity contribution in [3.63, 3.8) is 0 Å². The molecule has 23 heavy (non-hydrogen) atoms. The van der Waals surface area contributed by atoms with Crippen LogP contribution in [0.15, 0.2) is 36.4 Å². The van der Waals surface area contributed by atoms with Gasteiger partial charge in [0.1, 0.15) is 35.0 Å². The first-order chi connectivity index (χ1) is 10.9. The Morgan fingerprint density at radius 1 is 1.09 bits per heavy atom. The number of nitrogens with two attached hydrogens (primary N) is 1. The highest BCUT2D eigenvalue weighted by molar-refractivity contribution is 5.91. The Balaban J connectivity index is 1.96. The normalized spacial score (nSPS) is 12.0. The van der Waals surface area contributed by atoms with Crippen molar-refractivity contribution in [3.8, 4) is 0 Å². The lowest BCUT2D eigenvalue weighted by Crippen LogP contribution is -2.86. The van der Waals surface area contributed by atoms with Gasteiger partial charge in [-0.1, -0.05) is 6.07 Å². The Morgan fingerprint density at radius 2 is 1.74 bits per heavy atom. The van der Waals surface area contributed by atoms with Crippen LogP contribution in [-0.4, -0.2) is 12.5 Å². The van der Waals surface area contributed by atoms with Crippen LogP contribution in [0, 0.1) is 23.3 Å². The van der Waals surface area contributed by atoms with Crippen molar-refractivity contribution in [1.29, 1.82) is 0 Å². The largest absolute Gasteiger partial charge is 0.332 e. The zero-order valence-electron chi connectivity index (χ0n) is 12.2. The summed E-state index contributed by atoms with van der Waals surface area (Å²) in [5.41, 5.74) is -0.289. The maximum absolute atomic E-state index is 13.6. The number of carbonyl (C=O) groups excluding carboxylic acids is 1. The molecule has 0 aliphatic carbocycles. The molecule has 3 N–H and O–H groups in total. The summed E-state index contributed by atoms with van der Waals surface area (Å²) < 4.78 is 53.3. The molecule has 2 rings (SSSR count). The number of para-hydroxylation sites is 1. The second kappa shape index (κ2) is 7.23. The molecule has 0 saturated heterocycles. The van der Waals surface area contributed by atoms with E-state index in [-0.39, 0.29) is 12.1 Å². The molecule has 0 heterocycles. The third-order valence-electron chi connectivity index (χ3n) is 3.34. The average molecular weight is 327 g/mol. The third-order valence-corrected chi connectivity index (χ3v) is 3.34. The number of rotatable bonds is 5. The number of hydrogen-bond acceptors (Lipinski definition) is 1. The Hall–Kier alpha value is -2.41. The minimum absolute atomic E-state index is 0.175. The van der Waals surface area contributed by atoms with Crippen molar-refractivity contribution >= 4 is 11.6 Å². The van der Waals surface area contributed by atoms with Crippen molar-refractivity contribution in [2.24, 2.45) is 0 Å². The van der Waals surface area contributed by atoms with E-state index >= 15 is 0 Å². The summed E-state index contributed by atoms with van der Waals surface area (Å²) in [7, 11) is 0. The summed E-state index contributed by atoms with van der Waals surface area (Å²) in [5, 5.41) is 3.61. The van der Waals surface area contributed by atoms with Gasteiger partial charge in [0, 0.05) is 11.6 Å². The minimum Gasteiger partial charge on any atom is -0.332 e. The van der Waals surface area contributed by atoms with Gasteiger partial charge in [0.15, 0.2) is 6.54 Å². The molecule has 0 radical (unpaired) electrons. The van der Waals surface area contributed by atoms with Crippen LogP contribution in [0.3, 0.4) is 0 Å². The maximum atomic E-state index is 13.6. The molecule has 122 valence electrons. The molecule has 7 heteroatoms. The van der Waals surface area contributed by atoms with Gasteiger partial charge < -0.3 is 10.6 Å². The minimum atomic E-state index is -0.879. The number of benzene rings is 2. The number of hydrogen-bond donors (Lipinski definition) is 2. The van der Waals surface area contributed by atoms with Gasteiger partial charge in [-0.3, -0.25) is 4.79 Å². The predicted octanol–water partition coefficient (Wildman–Crippen LogP) is 2.51. The lowest BCUT2D eigenvalue weighted by molar-refractivity contribution is -0.682. The van der Waals surface area contributed by atoms with E-state index in [1.54, 1.807) is 6.92 Å². The molecule has 0 spiro atoms. The van der Waals surface area contributed by atoms with Gasteiger partial charge in [0.2, 0.25) is 0 Å². The molecule has 0 unspecified atom stereocenters. The number of carbonyl (C=O) groups is 1. The summed E-state index contributed by atoms with van der Waals surface area (Å²) in [5.74, 6) is -3.80. The summed E-state index contributed by atoms with van der Waals surface area (Å²) in [4.78, 5) is 11.8. The fourth-order valence-corrected chi connectivity index (χ4v) is 2.09. The first kappa shape index (κ1) is 17.0. The molecule has 0 fully saturated rings. The average Bonchev–Trinajstić information content (AvgIpc) is 2.49. The first-order valence-electron chi connectivity index (χ1n) is 6.90. The number of nitrogens with one attached hydrogen (secondary N) is 1. The number of anilines is 1. The summed E-state index contributed by atoms with van der Waals surface area (Å²) >= 11 is 0. The molecule has 0 bridgehead atoms. The van der Waals surface area contributed by atoms with E-state index in [9.17, 15) is 22.4 Å². The van der Waals surface area contributed by atoms with Gasteiger partial charge in [-0.15, -0.1) is 0 Å². The highest BCUT2D eigenvalue weighted by Gasteiger charge is 2.17. The van der Waals surface area contributed by atoms with Crippen molar-refractivity contribution in [2.75, 3.05) is 11.9 Å². The smallest absolute Gasteiger partial charge is 0.279 e. The van der Waals surface area contributed by atoms with E-state index < -0.39 is 40.9 Å². The lowest BCUT2D eigenvalue weighted by atomic mass is 10.1. The quantitative estimate of drug-likeness (QED) is 0.815. The lowest BCUT2D eigenvalue weighted by Gasteiger charge is -2.12. The molecule has 1 atom stereocenters. The molecule has 0 aliphatic heterocycles. The van der Waals surface area contributed by atoms with Crippen LogP contribution in [0.25, 0.3) is 0 Å². The van der Waals surface area contributed by atoms with Gasteiger partial charge >= 0.3 is 0 Å². The van der Waals surface area contributed by atoms with Crippen LogP contribution in [0.1, 0.15) is 18.5 Å². The second-order valence-electron chi connectivity index (χ2n) is 5.04. The fourth-order valence-electron chi connectivity index (χ4n) is 2.09. The van der Waals surface area contributed by atoms with Gasteiger partial charge in [0.25, 0.3) is 5.91 Å². The van der Waals surface area contributed by atoms with Gasteiger partial charge in [-0.05, 0) is 31.2 Å². The maximum Gasteiger partial charge on any atom is 0.279 e. The predicted molar refractivity (Wildman–Crippen MR) is 76.6 cm³/mol. The Bertz CT molecular complexity index is 701. The van der Waals surface area contributed by atoms with Gasteiger partial charge in [0.05, 0.1) is 0 Å². The molecule has 2 aromatic rings. The Kier molecular flexibility index (Phi) is 5.33. The van der Waals surface area contributed by atoms with Crippen molar-refractivity contribution < 1.29 is 27.7 Å². The van der Waals surface area contributed by atoms with E-state index in [4.69, 9.17) is 0 Å². The zero-order chi connectivity index (χ0) is 17.0. The van der Waals surface area contributed by atoms with Crippen LogP contribution in [0.5, 0.6) is 0 Å². The SMILES string of the molecule is C[C@@H]([NH2+]CC(=O)Nc1c(F)cccc1F)c1ccc(F)cc1F. The van der Waals surface area contributed by atoms with Crippen LogP contribution >= 0.6 is 0 Å². The van der Waals surface area contributed by atoms with E-state index in [2.05, 4.69) is 5.32 Å². The third kappa shape index (κ3) is 4.29. The van der Waals surface area contributed by atoms with E-state index in [0.717, 1.165) is 24.3 Å². The van der Waals surface area contributed by atoms with Crippen molar-refractivity contribution in [3.05, 3.63) is 65.2 Å². The molecule has 0 saturated carbocycles. The topological polar surface area (TPSA) is 45.7 Å². The Labute approximate surface area is 130 Å². The fraction of sp³-hybridized carbons (Fsp3) is 0.188. The van der Waals surface area contributed by atoms with E-state index in [1.165, 1.54) is 17.4 Å². The molecular formula is C16H15F4N2O+. The molecule has 2 aromatic carbocycles. The van der Waals surface area contributed by atoms with Gasteiger partial charge in [-0.25, -0.2) is 17.6 Å². The molecule has 0 aromatic heterocycles. The number of amides is 1. The van der Waals surface area contributed by atoms with Crippen LogP contribution in [-0.2, 0) is 4.79 Å². The van der Waals surface area contributed by atoms with Crippen molar-refractivity contribution in [2.45, 2.75) is 13.0 Å². The zero-order valence-corrected chi connectivity index (χ0v) is 12.2.